The summed E-state index contributed by atoms with van der Waals surface area (Å²) in [6.45, 7) is 4.25. The van der Waals surface area contributed by atoms with Gasteiger partial charge in [-0.3, -0.25) is 14.9 Å². The maximum absolute atomic E-state index is 12.3. The molecule has 0 radical (unpaired) electrons. The van der Waals surface area contributed by atoms with Crippen molar-refractivity contribution in [3.05, 3.63) is 68.5 Å². The predicted octanol–water partition coefficient (Wildman–Crippen LogP) is 4.30. The Morgan fingerprint density at radius 2 is 2.06 bits per heavy atom. The molecule has 0 aliphatic rings. The fourth-order valence-electron chi connectivity index (χ4n) is 2.66. The van der Waals surface area contributed by atoms with Gasteiger partial charge in [0.05, 0.1) is 21.4 Å². The Morgan fingerprint density at radius 3 is 2.81 bits per heavy atom. The van der Waals surface area contributed by atoms with E-state index in [1.807, 2.05) is 32.0 Å². The van der Waals surface area contributed by atoms with Crippen LogP contribution in [0.3, 0.4) is 0 Å². The fraction of sp³-hybridized carbons (Fsp3) is 0.250. The van der Waals surface area contributed by atoms with Gasteiger partial charge in [-0.05, 0) is 37.1 Å². The molecule has 0 saturated carbocycles. The van der Waals surface area contributed by atoms with E-state index in [-0.39, 0.29) is 34.7 Å². The highest BCUT2D eigenvalue weighted by Gasteiger charge is 2.15. The van der Waals surface area contributed by atoms with Crippen LogP contribution < -0.4 is 10.1 Å². The van der Waals surface area contributed by atoms with Gasteiger partial charge in [0.2, 0.25) is 5.91 Å². The normalized spacial score (nSPS) is 10.7. The van der Waals surface area contributed by atoms with E-state index in [9.17, 15) is 14.9 Å². The summed E-state index contributed by atoms with van der Waals surface area (Å²) in [5.41, 5.74) is 2.23. The number of aryl methyl sites for hydroxylation is 1. The van der Waals surface area contributed by atoms with Crippen LogP contribution in [0.4, 0.5) is 11.4 Å². The molecule has 0 bridgehead atoms. The quantitative estimate of drug-likeness (QED) is 0.302. The van der Waals surface area contributed by atoms with Crippen LogP contribution in [0, 0.1) is 24.0 Å². The average molecular weight is 462 g/mol. The minimum atomic E-state index is -0.553. The lowest BCUT2D eigenvalue weighted by Crippen LogP contribution is -2.15. The van der Waals surface area contributed by atoms with Crippen molar-refractivity contribution in [2.45, 2.75) is 25.6 Å². The summed E-state index contributed by atoms with van der Waals surface area (Å²) < 4.78 is 7.62. The first kappa shape index (κ1) is 22.6. The van der Waals surface area contributed by atoms with Crippen molar-refractivity contribution >= 4 is 40.6 Å². The number of hydrogen-bond acceptors (Lipinski definition) is 7. The minimum absolute atomic E-state index is 0.0306. The van der Waals surface area contributed by atoms with E-state index in [0.29, 0.717) is 11.0 Å². The van der Waals surface area contributed by atoms with Gasteiger partial charge in [-0.15, -0.1) is 10.2 Å². The van der Waals surface area contributed by atoms with Gasteiger partial charge in [0, 0.05) is 19.2 Å². The lowest BCUT2D eigenvalue weighted by molar-refractivity contribution is -0.384. The van der Waals surface area contributed by atoms with Gasteiger partial charge in [0.15, 0.2) is 11.0 Å². The number of halogens is 1. The molecule has 162 valence electrons. The molecular weight excluding hydrogens is 442 g/mol. The second kappa shape index (κ2) is 9.80. The van der Waals surface area contributed by atoms with E-state index in [4.69, 9.17) is 16.3 Å². The Labute approximate surface area is 187 Å². The van der Waals surface area contributed by atoms with Gasteiger partial charge in [-0.2, -0.15) is 0 Å². The van der Waals surface area contributed by atoms with E-state index in [1.54, 1.807) is 11.6 Å². The number of aromatic nitrogens is 3. The Balaban J connectivity index is 1.58. The summed E-state index contributed by atoms with van der Waals surface area (Å²) in [5, 5.41) is 22.5. The van der Waals surface area contributed by atoms with Crippen LogP contribution in [0.25, 0.3) is 0 Å². The number of nitrogens with zero attached hydrogens (tertiary/aromatic N) is 4. The fourth-order valence-corrected chi connectivity index (χ4v) is 3.55. The second-order valence-electron chi connectivity index (χ2n) is 6.70. The lowest BCUT2D eigenvalue weighted by Gasteiger charge is -2.10. The van der Waals surface area contributed by atoms with Crippen LogP contribution >= 0.6 is 23.4 Å². The highest BCUT2D eigenvalue weighted by atomic mass is 35.5. The maximum atomic E-state index is 12.3. The lowest BCUT2D eigenvalue weighted by atomic mass is 10.1. The van der Waals surface area contributed by atoms with Crippen molar-refractivity contribution in [1.82, 2.24) is 14.8 Å². The Kier molecular flexibility index (Phi) is 7.13. The number of nitro benzene ring substituents is 1. The van der Waals surface area contributed by atoms with E-state index >= 15 is 0 Å². The summed E-state index contributed by atoms with van der Waals surface area (Å²) in [4.78, 5) is 22.6. The van der Waals surface area contributed by atoms with Crippen molar-refractivity contribution in [2.75, 3.05) is 11.1 Å². The molecule has 1 amide bonds. The molecule has 2 aromatic carbocycles. The standard InChI is InChI=1S/C20H20ClN5O4S/c1-12-5-4-6-17(13(12)2)30-10-18-23-24-20(25(18)3)31-11-19(27)22-16-9-14(26(28)29)7-8-15(16)21/h4-9H,10-11H2,1-3H3,(H,22,27). The van der Waals surface area contributed by atoms with Crippen LogP contribution in [0.2, 0.25) is 5.02 Å². The van der Waals surface area contributed by atoms with Gasteiger partial charge < -0.3 is 14.6 Å². The van der Waals surface area contributed by atoms with Crippen LogP contribution in [-0.4, -0.2) is 31.3 Å². The number of ether oxygens (including phenoxy) is 1. The van der Waals surface area contributed by atoms with Crippen LogP contribution in [0.15, 0.2) is 41.6 Å². The van der Waals surface area contributed by atoms with Gasteiger partial charge in [0.25, 0.3) is 5.69 Å². The first-order valence-corrected chi connectivity index (χ1v) is 10.6. The molecule has 0 atom stereocenters. The molecule has 9 nitrogen and oxygen atoms in total. The summed E-state index contributed by atoms with van der Waals surface area (Å²) >= 11 is 7.20. The Bertz CT molecular complexity index is 1130. The molecule has 1 heterocycles. The number of non-ortho nitro benzene ring substituents is 1. The first-order valence-electron chi connectivity index (χ1n) is 9.20. The van der Waals surface area contributed by atoms with Crippen molar-refractivity contribution in [3.63, 3.8) is 0 Å². The number of amides is 1. The molecule has 0 aliphatic carbocycles. The third-order valence-corrected chi connectivity index (χ3v) is 5.95. The van der Waals surface area contributed by atoms with E-state index < -0.39 is 4.92 Å². The molecule has 0 saturated heterocycles. The van der Waals surface area contributed by atoms with Gasteiger partial charge in [0.1, 0.15) is 12.4 Å². The predicted molar refractivity (Wildman–Crippen MR) is 119 cm³/mol. The van der Waals surface area contributed by atoms with Gasteiger partial charge >= 0.3 is 0 Å². The zero-order valence-corrected chi connectivity index (χ0v) is 18.7. The number of carbonyl (C=O) groups excluding carboxylic acids is 1. The molecular formula is C20H20ClN5O4S. The smallest absolute Gasteiger partial charge is 0.271 e. The number of thioether (sulfide) groups is 1. The number of carbonyl (C=O) groups is 1. The van der Waals surface area contributed by atoms with E-state index in [1.165, 1.54) is 30.0 Å². The molecule has 1 aromatic heterocycles. The summed E-state index contributed by atoms with van der Waals surface area (Å²) in [7, 11) is 1.79. The molecule has 31 heavy (non-hydrogen) atoms. The molecule has 11 heteroatoms. The van der Waals surface area contributed by atoms with Gasteiger partial charge in [-0.1, -0.05) is 35.5 Å². The molecule has 0 spiro atoms. The maximum Gasteiger partial charge on any atom is 0.271 e. The molecule has 0 fully saturated rings. The SMILES string of the molecule is Cc1cccc(OCc2nnc(SCC(=O)Nc3cc([N+](=O)[O-])ccc3Cl)n2C)c1C. The largest absolute Gasteiger partial charge is 0.485 e. The van der Waals surface area contributed by atoms with E-state index in [2.05, 4.69) is 15.5 Å². The number of hydrogen-bond donors (Lipinski definition) is 1. The first-order chi connectivity index (χ1) is 14.8. The third-order valence-electron chi connectivity index (χ3n) is 4.60. The van der Waals surface area contributed by atoms with Gasteiger partial charge in [-0.25, -0.2) is 0 Å². The van der Waals surface area contributed by atoms with Crippen molar-refractivity contribution in [3.8, 4) is 5.75 Å². The summed E-state index contributed by atoms with van der Waals surface area (Å²) in [6, 6.07) is 9.71. The molecule has 0 unspecified atom stereocenters. The number of nitrogens with one attached hydrogen (secondary N) is 1. The molecule has 1 N–H and O–H groups in total. The topological polar surface area (TPSA) is 112 Å². The van der Waals surface area contributed by atoms with Crippen molar-refractivity contribution < 1.29 is 14.5 Å². The highest BCUT2D eigenvalue weighted by molar-refractivity contribution is 7.99. The molecule has 3 aromatic rings. The zero-order chi connectivity index (χ0) is 22.5. The van der Waals surface area contributed by atoms with Crippen LogP contribution in [-0.2, 0) is 18.4 Å². The Morgan fingerprint density at radius 1 is 1.29 bits per heavy atom. The number of rotatable bonds is 8. The van der Waals surface area contributed by atoms with Crippen molar-refractivity contribution in [1.29, 1.82) is 0 Å². The minimum Gasteiger partial charge on any atom is -0.485 e. The highest BCUT2D eigenvalue weighted by Crippen LogP contribution is 2.27. The molecule has 0 aliphatic heterocycles. The molecule has 3 rings (SSSR count). The van der Waals surface area contributed by atoms with Crippen molar-refractivity contribution in [2.24, 2.45) is 7.05 Å². The monoisotopic (exact) mass is 461 g/mol. The number of anilines is 1. The number of benzene rings is 2. The average Bonchev–Trinajstić information content (AvgIpc) is 3.08. The van der Waals surface area contributed by atoms with Crippen LogP contribution in [0.5, 0.6) is 5.75 Å². The van der Waals surface area contributed by atoms with E-state index in [0.717, 1.165) is 16.9 Å². The zero-order valence-electron chi connectivity index (χ0n) is 17.1. The third kappa shape index (κ3) is 5.53. The second-order valence-corrected chi connectivity index (χ2v) is 8.05. The van der Waals surface area contributed by atoms with Crippen LogP contribution in [0.1, 0.15) is 17.0 Å². The summed E-state index contributed by atoms with van der Waals surface area (Å²) in [6.07, 6.45) is 0. The summed E-state index contributed by atoms with van der Waals surface area (Å²) in [5.74, 6) is 1.06. The Hall–Kier alpha value is -3.11. The number of nitro groups is 1.